The van der Waals surface area contributed by atoms with Crippen molar-refractivity contribution in [2.24, 2.45) is 0 Å². The predicted octanol–water partition coefficient (Wildman–Crippen LogP) is 0.0629. The second kappa shape index (κ2) is 9.70. The number of aliphatic hydroxyl groups excluding tert-OH is 1. The van der Waals surface area contributed by atoms with E-state index >= 15 is 0 Å². The largest absolute Gasteiger partial charge is 0.395 e. The first-order valence-corrected chi connectivity index (χ1v) is 8.83. The lowest BCUT2D eigenvalue weighted by Crippen LogP contribution is -2.52. The van der Waals surface area contributed by atoms with Gasteiger partial charge in [-0.2, -0.15) is 17.0 Å². The minimum absolute atomic E-state index is 0.130. The molecule has 1 aliphatic rings. The van der Waals surface area contributed by atoms with Crippen molar-refractivity contribution in [3.05, 3.63) is 0 Å². The summed E-state index contributed by atoms with van der Waals surface area (Å²) < 4.78 is 38.5. The zero-order valence-electron chi connectivity index (χ0n) is 13.0. The van der Waals surface area contributed by atoms with Gasteiger partial charge in [-0.25, -0.2) is 0 Å². The van der Waals surface area contributed by atoms with Crippen LogP contribution in [0.1, 0.15) is 25.7 Å². The summed E-state index contributed by atoms with van der Waals surface area (Å²) in [5, 5.41) is 9.43. The van der Waals surface area contributed by atoms with Gasteiger partial charge in [0.25, 0.3) is 10.2 Å². The molecule has 21 heavy (non-hydrogen) atoms. The molecule has 0 aromatic carbocycles. The van der Waals surface area contributed by atoms with Crippen molar-refractivity contribution in [1.29, 1.82) is 0 Å². The van der Waals surface area contributed by atoms with Crippen molar-refractivity contribution < 1.29 is 23.0 Å². The highest BCUT2D eigenvalue weighted by Gasteiger charge is 2.35. The molecule has 0 spiro atoms. The summed E-state index contributed by atoms with van der Waals surface area (Å²) in [6.45, 7) is 1.92. The van der Waals surface area contributed by atoms with E-state index in [1.807, 2.05) is 0 Å². The van der Waals surface area contributed by atoms with Crippen LogP contribution in [-0.2, 0) is 19.7 Å². The lowest BCUT2D eigenvalue weighted by atomic mass is 10.1. The number of rotatable bonds is 10. The normalized spacial score (nSPS) is 21.0. The zero-order chi connectivity index (χ0) is 15.7. The molecule has 0 bridgehead atoms. The Labute approximate surface area is 128 Å². The summed E-state index contributed by atoms with van der Waals surface area (Å²) in [7, 11) is -0.416. The quantitative estimate of drug-likeness (QED) is 0.575. The number of hydrogen-bond donors (Lipinski definition) is 1. The third kappa shape index (κ3) is 5.46. The molecule has 1 saturated heterocycles. The first kappa shape index (κ1) is 18.8. The molecule has 0 aromatic heterocycles. The monoisotopic (exact) mass is 324 g/mol. The number of aliphatic hydroxyl groups is 1. The van der Waals surface area contributed by atoms with Crippen LogP contribution in [0.4, 0.5) is 0 Å². The molecule has 0 aromatic rings. The van der Waals surface area contributed by atoms with Gasteiger partial charge in [0.1, 0.15) is 0 Å². The van der Waals surface area contributed by atoms with E-state index in [9.17, 15) is 13.5 Å². The molecule has 1 rings (SSSR count). The van der Waals surface area contributed by atoms with Crippen LogP contribution < -0.4 is 0 Å². The van der Waals surface area contributed by atoms with Gasteiger partial charge < -0.3 is 14.6 Å². The van der Waals surface area contributed by atoms with E-state index < -0.39 is 10.2 Å². The molecule has 0 radical (unpaired) electrons. The van der Waals surface area contributed by atoms with E-state index in [-0.39, 0.29) is 12.6 Å². The first-order valence-electron chi connectivity index (χ1n) is 7.43. The zero-order valence-corrected chi connectivity index (χ0v) is 13.8. The standard InChI is InChI=1S/C13H28N2O5S/c1-19-10-5-7-14(9-11-20-2)21(17,18)15-8-4-3-6-13(15)12-16/h13,16H,3-12H2,1-2H3. The minimum atomic E-state index is -3.57. The van der Waals surface area contributed by atoms with Crippen molar-refractivity contribution in [2.45, 2.75) is 31.7 Å². The molecule has 1 fully saturated rings. The number of nitrogens with zero attached hydrogens (tertiary/aromatic N) is 2. The Hall–Kier alpha value is -0.250. The van der Waals surface area contributed by atoms with Crippen molar-refractivity contribution in [3.63, 3.8) is 0 Å². The second-order valence-electron chi connectivity index (χ2n) is 5.19. The maximum atomic E-state index is 12.8. The van der Waals surface area contributed by atoms with Gasteiger partial charge in [0.15, 0.2) is 0 Å². The lowest BCUT2D eigenvalue weighted by Gasteiger charge is -2.37. The minimum Gasteiger partial charge on any atom is -0.395 e. The second-order valence-corrected chi connectivity index (χ2v) is 7.07. The van der Waals surface area contributed by atoms with Gasteiger partial charge in [0.2, 0.25) is 0 Å². The van der Waals surface area contributed by atoms with Gasteiger partial charge in [0, 0.05) is 46.5 Å². The summed E-state index contributed by atoms with van der Waals surface area (Å²) in [6, 6.07) is -0.309. The Balaban J connectivity index is 2.79. The van der Waals surface area contributed by atoms with E-state index in [1.54, 1.807) is 14.2 Å². The Morgan fingerprint density at radius 1 is 1.19 bits per heavy atom. The highest BCUT2D eigenvalue weighted by molar-refractivity contribution is 7.86. The summed E-state index contributed by atoms with van der Waals surface area (Å²) in [6.07, 6.45) is 3.15. The Kier molecular flexibility index (Phi) is 8.69. The smallest absolute Gasteiger partial charge is 0.282 e. The molecule has 0 amide bonds. The first-order chi connectivity index (χ1) is 10.1. The maximum absolute atomic E-state index is 12.8. The lowest BCUT2D eigenvalue weighted by molar-refractivity contribution is 0.136. The molecule has 126 valence electrons. The molecule has 1 aliphatic heterocycles. The van der Waals surface area contributed by atoms with Gasteiger partial charge in [-0.3, -0.25) is 0 Å². The van der Waals surface area contributed by atoms with Gasteiger partial charge >= 0.3 is 0 Å². The molecular formula is C13H28N2O5S. The molecular weight excluding hydrogens is 296 g/mol. The number of hydrogen-bond acceptors (Lipinski definition) is 5. The fraction of sp³-hybridized carbons (Fsp3) is 1.00. The van der Waals surface area contributed by atoms with E-state index in [0.29, 0.717) is 45.7 Å². The fourth-order valence-corrected chi connectivity index (χ4v) is 4.40. The van der Waals surface area contributed by atoms with Crippen LogP contribution in [0.15, 0.2) is 0 Å². The van der Waals surface area contributed by atoms with Gasteiger partial charge in [-0.15, -0.1) is 0 Å². The number of methoxy groups -OCH3 is 2. The molecule has 0 aliphatic carbocycles. The van der Waals surface area contributed by atoms with Crippen molar-refractivity contribution in [1.82, 2.24) is 8.61 Å². The van der Waals surface area contributed by atoms with Gasteiger partial charge in [0.05, 0.1) is 13.2 Å². The summed E-state index contributed by atoms with van der Waals surface area (Å²) >= 11 is 0. The van der Waals surface area contributed by atoms with Crippen LogP contribution in [0.2, 0.25) is 0 Å². The van der Waals surface area contributed by atoms with Gasteiger partial charge in [-0.1, -0.05) is 6.42 Å². The van der Waals surface area contributed by atoms with Crippen LogP contribution in [0.5, 0.6) is 0 Å². The fourth-order valence-electron chi connectivity index (χ4n) is 2.53. The average molecular weight is 324 g/mol. The summed E-state index contributed by atoms with van der Waals surface area (Å²) in [5.41, 5.74) is 0. The third-order valence-corrected chi connectivity index (χ3v) is 5.80. The Morgan fingerprint density at radius 2 is 1.90 bits per heavy atom. The Bertz CT molecular complexity index is 377. The van der Waals surface area contributed by atoms with Crippen molar-refractivity contribution in [2.75, 3.05) is 53.7 Å². The topological polar surface area (TPSA) is 79.3 Å². The summed E-state index contributed by atoms with van der Waals surface area (Å²) in [4.78, 5) is 0. The van der Waals surface area contributed by atoms with Crippen molar-refractivity contribution in [3.8, 4) is 0 Å². The molecule has 8 heteroatoms. The number of piperidine rings is 1. The van der Waals surface area contributed by atoms with Crippen LogP contribution in [0, 0.1) is 0 Å². The van der Waals surface area contributed by atoms with E-state index in [4.69, 9.17) is 9.47 Å². The molecule has 0 saturated carbocycles. The molecule has 1 heterocycles. The van der Waals surface area contributed by atoms with Crippen molar-refractivity contribution >= 4 is 10.2 Å². The highest BCUT2D eigenvalue weighted by atomic mass is 32.2. The van der Waals surface area contributed by atoms with E-state index in [0.717, 1.165) is 12.8 Å². The molecule has 1 unspecified atom stereocenters. The SMILES string of the molecule is COCCCN(CCOC)S(=O)(=O)N1CCCCC1CO. The van der Waals surface area contributed by atoms with Crippen LogP contribution in [-0.4, -0.2) is 81.9 Å². The maximum Gasteiger partial charge on any atom is 0.282 e. The van der Waals surface area contributed by atoms with Crippen LogP contribution in [0.3, 0.4) is 0 Å². The highest BCUT2D eigenvalue weighted by Crippen LogP contribution is 2.22. The van der Waals surface area contributed by atoms with Gasteiger partial charge in [-0.05, 0) is 19.3 Å². The predicted molar refractivity (Wildman–Crippen MR) is 80.3 cm³/mol. The summed E-state index contributed by atoms with van der Waals surface area (Å²) in [5.74, 6) is 0. The molecule has 1 atom stereocenters. The molecule has 7 nitrogen and oxygen atoms in total. The van der Waals surface area contributed by atoms with E-state index in [1.165, 1.54) is 8.61 Å². The third-order valence-electron chi connectivity index (χ3n) is 3.71. The average Bonchev–Trinajstić information content (AvgIpc) is 2.50. The number of ether oxygens (including phenoxy) is 2. The van der Waals surface area contributed by atoms with E-state index in [2.05, 4.69) is 0 Å². The molecule has 1 N–H and O–H groups in total. The van der Waals surface area contributed by atoms with Crippen LogP contribution in [0.25, 0.3) is 0 Å². The Morgan fingerprint density at radius 3 is 2.52 bits per heavy atom. The van der Waals surface area contributed by atoms with Crippen LogP contribution >= 0.6 is 0 Å².